The van der Waals surface area contributed by atoms with Crippen LogP contribution in [0.1, 0.15) is 0 Å². The maximum atomic E-state index is 12.0. The lowest BCUT2D eigenvalue weighted by atomic mass is 10.2. The number of hydrogen-bond acceptors (Lipinski definition) is 3. The molecule has 0 unspecified atom stereocenters. The van der Waals surface area contributed by atoms with Crippen LogP contribution in [0.3, 0.4) is 0 Å². The quantitative estimate of drug-likeness (QED) is 0.872. The van der Waals surface area contributed by atoms with Crippen molar-refractivity contribution < 1.29 is 14.3 Å². The van der Waals surface area contributed by atoms with Crippen molar-refractivity contribution in [3.63, 3.8) is 0 Å². The summed E-state index contributed by atoms with van der Waals surface area (Å²) in [5.74, 6) is 1.19. The average molecular weight is 351 g/mol. The van der Waals surface area contributed by atoms with E-state index in [0.29, 0.717) is 22.9 Å². The maximum absolute atomic E-state index is 12.0. The van der Waals surface area contributed by atoms with E-state index in [1.54, 1.807) is 38.5 Å². The van der Waals surface area contributed by atoms with Crippen molar-refractivity contribution >= 4 is 33.3 Å². The molecular weight excluding hydrogens is 336 g/mol. The van der Waals surface area contributed by atoms with Crippen LogP contribution in [0.15, 0.2) is 46.9 Å². The molecule has 6 heteroatoms. The zero-order valence-electron chi connectivity index (χ0n) is 11.6. The second-order valence-electron chi connectivity index (χ2n) is 4.16. The van der Waals surface area contributed by atoms with Crippen LogP contribution in [0.4, 0.5) is 16.2 Å². The molecule has 0 fully saturated rings. The third-order valence-electron chi connectivity index (χ3n) is 2.74. The van der Waals surface area contributed by atoms with Gasteiger partial charge in [-0.3, -0.25) is 0 Å². The molecule has 2 N–H and O–H groups in total. The molecule has 0 saturated heterocycles. The van der Waals surface area contributed by atoms with E-state index in [9.17, 15) is 4.79 Å². The van der Waals surface area contributed by atoms with E-state index in [-0.39, 0.29) is 6.03 Å². The highest BCUT2D eigenvalue weighted by Gasteiger charge is 2.09. The predicted molar refractivity (Wildman–Crippen MR) is 86.3 cm³/mol. The molecule has 2 aromatic carbocycles. The van der Waals surface area contributed by atoms with Crippen molar-refractivity contribution in [1.29, 1.82) is 0 Å². The number of carbonyl (C=O) groups excluding carboxylic acids is 1. The van der Waals surface area contributed by atoms with E-state index in [2.05, 4.69) is 26.6 Å². The van der Waals surface area contributed by atoms with Crippen LogP contribution in [0.5, 0.6) is 11.5 Å². The molecule has 0 radical (unpaired) electrons. The molecule has 0 spiro atoms. The largest absolute Gasteiger partial charge is 0.497 e. The van der Waals surface area contributed by atoms with Gasteiger partial charge >= 0.3 is 6.03 Å². The number of benzene rings is 2. The Hall–Kier alpha value is -2.21. The Morgan fingerprint density at radius 3 is 2.52 bits per heavy atom. The van der Waals surface area contributed by atoms with E-state index < -0.39 is 0 Å². The Labute approximate surface area is 131 Å². The van der Waals surface area contributed by atoms with Gasteiger partial charge in [0, 0.05) is 16.2 Å². The Bertz CT molecular complexity index is 647. The van der Waals surface area contributed by atoms with Crippen molar-refractivity contribution in [3.05, 3.63) is 46.9 Å². The van der Waals surface area contributed by atoms with Gasteiger partial charge in [0.1, 0.15) is 11.5 Å². The van der Waals surface area contributed by atoms with Crippen LogP contribution in [0, 0.1) is 0 Å². The van der Waals surface area contributed by atoms with Gasteiger partial charge in [-0.15, -0.1) is 0 Å². The molecule has 0 atom stereocenters. The van der Waals surface area contributed by atoms with E-state index in [1.807, 2.05) is 18.2 Å². The zero-order chi connectivity index (χ0) is 15.2. The van der Waals surface area contributed by atoms with E-state index in [1.165, 1.54) is 0 Å². The summed E-state index contributed by atoms with van der Waals surface area (Å²) in [7, 11) is 3.10. The van der Waals surface area contributed by atoms with Gasteiger partial charge in [-0.25, -0.2) is 4.79 Å². The van der Waals surface area contributed by atoms with Gasteiger partial charge in [-0.2, -0.15) is 0 Å². The highest BCUT2D eigenvalue weighted by Crippen LogP contribution is 2.29. The molecule has 0 bridgehead atoms. The normalized spacial score (nSPS) is 9.86. The maximum Gasteiger partial charge on any atom is 0.323 e. The smallest absolute Gasteiger partial charge is 0.323 e. The summed E-state index contributed by atoms with van der Waals surface area (Å²) < 4.78 is 11.2. The summed E-state index contributed by atoms with van der Waals surface area (Å²) in [6, 6.07) is 12.2. The Morgan fingerprint density at radius 1 is 1.05 bits per heavy atom. The summed E-state index contributed by atoms with van der Waals surface area (Å²) in [6.07, 6.45) is 0. The summed E-state index contributed by atoms with van der Waals surface area (Å²) in [5, 5.41) is 5.48. The van der Waals surface area contributed by atoms with E-state index >= 15 is 0 Å². The number of anilines is 2. The first-order valence-corrected chi connectivity index (χ1v) is 6.97. The van der Waals surface area contributed by atoms with Crippen LogP contribution >= 0.6 is 15.9 Å². The Balaban J connectivity index is 2.12. The number of methoxy groups -OCH3 is 2. The first-order valence-electron chi connectivity index (χ1n) is 6.18. The number of rotatable bonds is 4. The van der Waals surface area contributed by atoms with Crippen molar-refractivity contribution in [3.8, 4) is 11.5 Å². The lowest BCUT2D eigenvalue weighted by Crippen LogP contribution is -2.19. The number of amides is 2. The molecule has 5 nitrogen and oxygen atoms in total. The van der Waals surface area contributed by atoms with E-state index in [0.717, 1.165) is 4.47 Å². The van der Waals surface area contributed by atoms with Crippen LogP contribution in [-0.4, -0.2) is 20.3 Å². The number of nitrogens with one attached hydrogen (secondary N) is 2. The van der Waals surface area contributed by atoms with Gasteiger partial charge in [-0.05, 0) is 30.3 Å². The summed E-state index contributed by atoms with van der Waals surface area (Å²) in [4.78, 5) is 12.0. The monoisotopic (exact) mass is 350 g/mol. The fourth-order valence-corrected chi connectivity index (χ4v) is 2.16. The molecule has 0 aromatic heterocycles. The third-order valence-corrected chi connectivity index (χ3v) is 3.23. The molecule has 0 aliphatic carbocycles. The standard InChI is InChI=1S/C15H15BrN2O3/c1-20-12-6-7-14(21-2)13(9-12)18-15(19)17-11-5-3-4-10(16)8-11/h3-9H,1-2H3,(H2,17,18,19). The topological polar surface area (TPSA) is 59.6 Å². The first-order chi connectivity index (χ1) is 10.1. The molecule has 2 amide bonds. The second-order valence-corrected chi connectivity index (χ2v) is 5.07. The molecule has 110 valence electrons. The van der Waals surface area contributed by atoms with Crippen molar-refractivity contribution in [2.75, 3.05) is 24.9 Å². The fraction of sp³-hybridized carbons (Fsp3) is 0.133. The van der Waals surface area contributed by atoms with Crippen molar-refractivity contribution in [1.82, 2.24) is 0 Å². The van der Waals surface area contributed by atoms with Crippen LogP contribution in [0.25, 0.3) is 0 Å². The molecular formula is C15H15BrN2O3. The minimum absolute atomic E-state index is 0.361. The lowest BCUT2D eigenvalue weighted by Gasteiger charge is -2.12. The van der Waals surface area contributed by atoms with Gasteiger partial charge in [-0.1, -0.05) is 22.0 Å². The third kappa shape index (κ3) is 4.13. The van der Waals surface area contributed by atoms with Crippen LogP contribution < -0.4 is 20.1 Å². The first kappa shape index (κ1) is 15.2. The van der Waals surface area contributed by atoms with Gasteiger partial charge in [0.05, 0.1) is 19.9 Å². The van der Waals surface area contributed by atoms with Gasteiger partial charge in [0.15, 0.2) is 0 Å². The SMILES string of the molecule is COc1ccc(OC)c(NC(=O)Nc2cccc(Br)c2)c1. The number of halogens is 1. The number of ether oxygens (including phenoxy) is 2. The number of carbonyl (C=O) groups is 1. The molecule has 2 aromatic rings. The Kier molecular flexibility index (Phi) is 5.05. The summed E-state index contributed by atoms with van der Waals surface area (Å²) >= 11 is 3.35. The summed E-state index contributed by atoms with van der Waals surface area (Å²) in [6.45, 7) is 0. The molecule has 2 rings (SSSR count). The minimum atomic E-state index is -0.361. The molecule has 21 heavy (non-hydrogen) atoms. The molecule has 0 heterocycles. The van der Waals surface area contributed by atoms with Gasteiger partial charge < -0.3 is 20.1 Å². The summed E-state index contributed by atoms with van der Waals surface area (Å²) in [5.41, 5.74) is 1.22. The second kappa shape index (κ2) is 6.99. The van der Waals surface area contributed by atoms with Crippen molar-refractivity contribution in [2.45, 2.75) is 0 Å². The fourth-order valence-electron chi connectivity index (χ4n) is 1.76. The molecule has 0 saturated carbocycles. The van der Waals surface area contributed by atoms with Crippen molar-refractivity contribution in [2.24, 2.45) is 0 Å². The predicted octanol–water partition coefficient (Wildman–Crippen LogP) is 4.11. The zero-order valence-corrected chi connectivity index (χ0v) is 13.2. The van der Waals surface area contributed by atoms with Gasteiger partial charge in [0.25, 0.3) is 0 Å². The van der Waals surface area contributed by atoms with Crippen LogP contribution in [-0.2, 0) is 0 Å². The average Bonchev–Trinajstić information content (AvgIpc) is 2.47. The molecule has 0 aliphatic heterocycles. The minimum Gasteiger partial charge on any atom is -0.497 e. The van der Waals surface area contributed by atoms with Gasteiger partial charge in [0.2, 0.25) is 0 Å². The highest BCUT2D eigenvalue weighted by atomic mass is 79.9. The van der Waals surface area contributed by atoms with Crippen LogP contribution in [0.2, 0.25) is 0 Å². The van der Waals surface area contributed by atoms with E-state index in [4.69, 9.17) is 9.47 Å². The highest BCUT2D eigenvalue weighted by molar-refractivity contribution is 9.10. The lowest BCUT2D eigenvalue weighted by molar-refractivity contribution is 0.262. The number of hydrogen-bond donors (Lipinski definition) is 2. The number of urea groups is 1. The Morgan fingerprint density at radius 2 is 1.86 bits per heavy atom. The molecule has 0 aliphatic rings.